The highest BCUT2D eigenvalue weighted by Gasteiger charge is 2.24. The normalized spacial score (nSPS) is 19.9. The van der Waals surface area contributed by atoms with E-state index >= 15 is 0 Å². The van der Waals surface area contributed by atoms with Gasteiger partial charge >= 0.3 is 0 Å². The fourth-order valence-corrected chi connectivity index (χ4v) is 2.65. The molecule has 2 rings (SSSR count). The second kappa shape index (κ2) is 5.80. The van der Waals surface area contributed by atoms with Crippen molar-refractivity contribution in [1.29, 1.82) is 0 Å². The molecule has 1 saturated heterocycles. The van der Waals surface area contributed by atoms with Crippen LogP contribution in [0.15, 0.2) is 22.7 Å². The van der Waals surface area contributed by atoms with Gasteiger partial charge in [0.15, 0.2) is 0 Å². The third-order valence-corrected chi connectivity index (χ3v) is 3.97. The first-order valence-corrected chi connectivity index (χ1v) is 6.82. The van der Waals surface area contributed by atoms with Gasteiger partial charge in [-0.3, -0.25) is 4.79 Å². The number of carbonyl (C=O) groups is 1. The van der Waals surface area contributed by atoms with Gasteiger partial charge in [0.2, 0.25) is 0 Å². The van der Waals surface area contributed by atoms with Gasteiger partial charge in [0.05, 0.1) is 5.56 Å². The van der Waals surface area contributed by atoms with Crippen molar-refractivity contribution in [2.45, 2.75) is 18.9 Å². The maximum Gasteiger partial charge on any atom is 0.255 e. The van der Waals surface area contributed by atoms with E-state index < -0.39 is 0 Å². The molecule has 0 bridgehead atoms. The van der Waals surface area contributed by atoms with Crippen LogP contribution in [-0.4, -0.2) is 37.0 Å². The summed E-state index contributed by atoms with van der Waals surface area (Å²) in [5.41, 5.74) is 0.395. The average molecular weight is 315 g/mol. The van der Waals surface area contributed by atoms with Crippen molar-refractivity contribution in [1.82, 2.24) is 10.2 Å². The minimum absolute atomic E-state index is 0.110. The Morgan fingerprint density at radius 1 is 1.56 bits per heavy atom. The molecule has 5 heteroatoms. The van der Waals surface area contributed by atoms with Crippen LogP contribution in [0, 0.1) is 5.82 Å². The molecular weight excluding hydrogens is 299 g/mol. The number of likely N-dealkylation sites (N-methyl/N-ethyl adjacent to an activating group) is 1. The SMILES string of the molecule is CNC1CCCN(C(=O)c2cc(F)ccc2Br)C1. The van der Waals surface area contributed by atoms with Crippen molar-refractivity contribution < 1.29 is 9.18 Å². The van der Waals surface area contributed by atoms with Crippen LogP contribution < -0.4 is 5.32 Å². The van der Waals surface area contributed by atoms with Gasteiger partial charge in [-0.25, -0.2) is 4.39 Å². The van der Waals surface area contributed by atoms with Crippen LogP contribution in [0.3, 0.4) is 0 Å². The maximum atomic E-state index is 13.2. The highest BCUT2D eigenvalue weighted by Crippen LogP contribution is 2.21. The Kier molecular flexibility index (Phi) is 4.35. The number of hydrogen-bond donors (Lipinski definition) is 1. The van der Waals surface area contributed by atoms with E-state index in [-0.39, 0.29) is 11.7 Å². The lowest BCUT2D eigenvalue weighted by Crippen LogP contribution is -2.47. The summed E-state index contributed by atoms with van der Waals surface area (Å²) >= 11 is 3.30. The van der Waals surface area contributed by atoms with Gasteiger partial charge in [0, 0.05) is 23.6 Å². The number of nitrogens with one attached hydrogen (secondary N) is 1. The largest absolute Gasteiger partial charge is 0.337 e. The summed E-state index contributed by atoms with van der Waals surface area (Å²) in [4.78, 5) is 14.1. The monoisotopic (exact) mass is 314 g/mol. The lowest BCUT2D eigenvalue weighted by atomic mass is 10.0. The zero-order valence-corrected chi connectivity index (χ0v) is 11.8. The summed E-state index contributed by atoms with van der Waals surface area (Å²) < 4.78 is 13.9. The first-order valence-electron chi connectivity index (χ1n) is 6.03. The summed E-state index contributed by atoms with van der Waals surface area (Å²) in [7, 11) is 1.90. The lowest BCUT2D eigenvalue weighted by Gasteiger charge is -2.32. The zero-order valence-electron chi connectivity index (χ0n) is 10.2. The van der Waals surface area contributed by atoms with Gasteiger partial charge in [0.1, 0.15) is 5.82 Å². The third-order valence-electron chi connectivity index (χ3n) is 3.28. The van der Waals surface area contributed by atoms with E-state index in [2.05, 4.69) is 21.2 Å². The molecule has 1 unspecified atom stereocenters. The highest BCUT2D eigenvalue weighted by molar-refractivity contribution is 9.10. The summed E-state index contributed by atoms with van der Waals surface area (Å²) in [6, 6.07) is 4.53. The van der Waals surface area contributed by atoms with Crippen LogP contribution in [0.25, 0.3) is 0 Å². The van der Waals surface area contributed by atoms with Gasteiger partial charge in [-0.1, -0.05) is 0 Å². The quantitative estimate of drug-likeness (QED) is 0.909. The van der Waals surface area contributed by atoms with Crippen molar-refractivity contribution in [3.63, 3.8) is 0 Å². The molecule has 1 atom stereocenters. The first-order chi connectivity index (χ1) is 8.61. The highest BCUT2D eigenvalue weighted by atomic mass is 79.9. The van der Waals surface area contributed by atoms with E-state index in [0.717, 1.165) is 19.4 Å². The molecule has 0 radical (unpaired) electrons. The van der Waals surface area contributed by atoms with Crippen LogP contribution in [0.4, 0.5) is 4.39 Å². The fraction of sp³-hybridized carbons (Fsp3) is 0.462. The molecule has 98 valence electrons. The molecule has 1 aliphatic heterocycles. The fourth-order valence-electron chi connectivity index (χ4n) is 2.23. The molecule has 1 aliphatic rings. The number of likely N-dealkylation sites (tertiary alicyclic amines) is 1. The Balaban J connectivity index is 2.17. The number of hydrogen-bond acceptors (Lipinski definition) is 2. The van der Waals surface area contributed by atoms with E-state index in [1.54, 1.807) is 11.0 Å². The van der Waals surface area contributed by atoms with E-state index in [9.17, 15) is 9.18 Å². The second-order valence-electron chi connectivity index (χ2n) is 4.50. The second-order valence-corrected chi connectivity index (χ2v) is 5.36. The summed E-state index contributed by atoms with van der Waals surface area (Å²) in [5, 5.41) is 3.19. The summed E-state index contributed by atoms with van der Waals surface area (Å²) in [6.45, 7) is 1.41. The minimum atomic E-state index is -0.385. The van der Waals surface area contributed by atoms with Crippen molar-refractivity contribution in [2.75, 3.05) is 20.1 Å². The van der Waals surface area contributed by atoms with Crippen LogP contribution in [0.2, 0.25) is 0 Å². The van der Waals surface area contributed by atoms with Crippen molar-refractivity contribution in [2.24, 2.45) is 0 Å². The van der Waals surface area contributed by atoms with Crippen LogP contribution in [0.1, 0.15) is 23.2 Å². The molecule has 0 saturated carbocycles. The average Bonchev–Trinajstić information content (AvgIpc) is 2.41. The van der Waals surface area contributed by atoms with Gasteiger partial charge in [-0.2, -0.15) is 0 Å². The molecule has 0 aliphatic carbocycles. The standard InChI is InChI=1S/C13H16BrFN2O/c1-16-10-3-2-6-17(8-10)13(18)11-7-9(15)4-5-12(11)14/h4-5,7,10,16H,2-3,6,8H2,1H3. The summed E-state index contributed by atoms with van der Waals surface area (Å²) in [5.74, 6) is -0.495. The molecule has 1 amide bonds. The van der Waals surface area contributed by atoms with Gasteiger partial charge in [-0.05, 0) is 54.0 Å². The van der Waals surface area contributed by atoms with Crippen molar-refractivity contribution in [3.8, 4) is 0 Å². The Labute approximate surface area is 114 Å². The molecule has 1 heterocycles. The predicted molar refractivity (Wildman–Crippen MR) is 72.1 cm³/mol. The van der Waals surface area contributed by atoms with Crippen molar-refractivity contribution in [3.05, 3.63) is 34.1 Å². The Morgan fingerprint density at radius 3 is 3.06 bits per heavy atom. The van der Waals surface area contributed by atoms with Crippen LogP contribution >= 0.6 is 15.9 Å². The van der Waals surface area contributed by atoms with Crippen LogP contribution in [-0.2, 0) is 0 Å². The van der Waals surface area contributed by atoms with E-state index in [0.29, 0.717) is 22.6 Å². The third kappa shape index (κ3) is 2.90. The summed E-state index contributed by atoms with van der Waals surface area (Å²) in [6.07, 6.45) is 2.05. The van der Waals surface area contributed by atoms with E-state index in [1.807, 2.05) is 7.05 Å². The lowest BCUT2D eigenvalue weighted by molar-refractivity contribution is 0.0697. The molecule has 0 spiro atoms. The number of halogens is 2. The molecule has 1 aromatic carbocycles. The van der Waals surface area contributed by atoms with E-state index in [4.69, 9.17) is 0 Å². The smallest absolute Gasteiger partial charge is 0.255 e. The molecule has 1 N–H and O–H groups in total. The first kappa shape index (κ1) is 13.5. The topological polar surface area (TPSA) is 32.3 Å². The maximum absolute atomic E-state index is 13.2. The van der Waals surface area contributed by atoms with E-state index in [1.165, 1.54) is 12.1 Å². The number of nitrogens with zero attached hydrogens (tertiary/aromatic N) is 1. The number of carbonyl (C=O) groups excluding carboxylic acids is 1. The van der Waals surface area contributed by atoms with Gasteiger partial charge < -0.3 is 10.2 Å². The number of piperidine rings is 1. The van der Waals surface area contributed by atoms with Crippen LogP contribution in [0.5, 0.6) is 0 Å². The molecule has 1 fully saturated rings. The Bertz CT molecular complexity index is 453. The molecule has 3 nitrogen and oxygen atoms in total. The predicted octanol–water partition coefficient (Wildman–Crippen LogP) is 2.41. The minimum Gasteiger partial charge on any atom is -0.337 e. The Morgan fingerprint density at radius 2 is 2.33 bits per heavy atom. The molecule has 1 aromatic rings. The Hall–Kier alpha value is -0.940. The number of benzene rings is 1. The molecule has 18 heavy (non-hydrogen) atoms. The molecular formula is C13H16BrFN2O. The van der Waals surface area contributed by atoms with Gasteiger partial charge in [-0.15, -0.1) is 0 Å². The van der Waals surface area contributed by atoms with Gasteiger partial charge in [0.25, 0.3) is 5.91 Å². The zero-order chi connectivity index (χ0) is 13.1. The number of amides is 1. The molecule has 0 aromatic heterocycles. The number of rotatable bonds is 2. The van der Waals surface area contributed by atoms with Crippen molar-refractivity contribution >= 4 is 21.8 Å².